The van der Waals surface area contributed by atoms with Crippen LogP contribution in [0.1, 0.15) is 39.5 Å². The molecule has 1 aromatic rings. The number of hydrogen-bond donors (Lipinski definition) is 1. The third-order valence-electron chi connectivity index (χ3n) is 6.55. The van der Waals surface area contributed by atoms with Crippen LogP contribution in [0.2, 0.25) is 0 Å². The van der Waals surface area contributed by atoms with Gasteiger partial charge in [-0.1, -0.05) is 19.9 Å². The molecule has 5 nitrogen and oxygen atoms in total. The Labute approximate surface area is 173 Å². The molecule has 2 aliphatic heterocycles. The Morgan fingerprint density at radius 2 is 1.86 bits per heavy atom. The van der Waals surface area contributed by atoms with E-state index in [0.29, 0.717) is 6.42 Å². The van der Waals surface area contributed by atoms with Gasteiger partial charge >= 0.3 is 0 Å². The molecule has 0 saturated carbocycles. The zero-order chi connectivity index (χ0) is 20.6. The van der Waals surface area contributed by atoms with Gasteiger partial charge in [0.15, 0.2) is 5.78 Å². The number of anilines is 1. The predicted molar refractivity (Wildman–Crippen MR) is 114 cm³/mol. The number of allylic oxidation sites excluding steroid dienone is 3. The van der Waals surface area contributed by atoms with Crippen LogP contribution >= 0.6 is 0 Å². The summed E-state index contributed by atoms with van der Waals surface area (Å²) < 4.78 is 5.25. The number of ether oxygens (including phenoxy) is 1. The molecule has 1 aromatic carbocycles. The van der Waals surface area contributed by atoms with Gasteiger partial charge in [0.05, 0.1) is 13.2 Å². The second-order valence-corrected chi connectivity index (χ2v) is 9.23. The van der Waals surface area contributed by atoms with Crippen molar-refractivity contribution in [1.82, 2.24) is 5.32 Å². The molecule has 1 unspecified atom stereocenters. The Morgan fingerprint density at radius 3 is 2.48 bits per heavy atom. The van der Waals surface area contributed by atoms with Crippen molar-refractivity contribution in [2.24, 2.45) is 11.3 Å². The minimum absolute atomic E-state index is 0.0625. The molecule has 4 rings (SSSR count). The van der Waals surface area contributed by atoms with E-state index in [1.54, 1.807) is 7.11 Å². The van der Waals surface area contributed by atoms with Gasteiger partial charge in [-0.2, -0.15) is 5.26 Å². The molecule has 0 bridgehead atoms. The fraction of sp³-hybridized carbons (Fsp3) is 0.500. The van der Waals surface area contributed by atoms with E-state index in [1.165, 1.54) is 5.69 Å². The van der Waals surface area contributed by atoms with Crippen LogP contribution in [0.15, 0.2) is 47.7 Å². The van der Waals surface area contributed by atoms with Gasteiger partial charge < -0.3 is 15.0 Å². The highest BCUT2D eigenvalue weighted by atomic mass is 16.5. The van der Waals surface area contributed by atoms with Crippen LogP contribution in [-0.2, 0) is 4.79 Å². The number of ketones is 1. The van der Waals surface area contributed by atoms with Gasteiger partial charge in [-0.3, -0.25) is 4.79 Å². The molecule has 2 heterocycles. The maximum absolute atomic E-state index is 12.5. The van der Waals surface area contributed by atoms with Crippen molar-refractivity contribution < 1.29 is 9.53 Å². The Balaban J connectivity index is 1.48. The number of nitrogens with zero attached hydrogens (tertiary/aromatic N) is 2. The van der Waals surface area contributed by atoms with Crippen LogP contribution in [0.3, 0.4) is 0 Å². The number of nitriles is 1. The molecule has 5 heteroatoms. The Kier molecular flexibility index (Phi) is 4.90. The lowest BCUT2D eigenvalue weighted by molar-refractivity contribution is -0.117. The summed E-state index contributed by atoms with van der Waals surface area (Å²) in [6, 6.07) is 10.7. The number of dihydropyridines is 1. The fourth-order valence-electron chi connectivity index (χ4n) is 4.93. The minimum atomic E-state index is -0.724. The van der Waals surface area contributed by atoms with E-state index in [2.05, 4.69) is 42.3 Å². The van der Waals surface area contributed by atoms with Gasteiger partial charge in [0.25, 0.3) is 0 Å². The summed E-state index contributed by atoms with van der Waals surface area (Å²) in [5.41, 5.74) is 2.12. The van der Waals surface area contributed by atoms with E-state index in [0.717, 1.165) is 49.4 Å². The lowest BCUT2D eigenvalue weighted by atomic mass is 9.71. The smallest absolute Gasteiger partial charge is 0.165 e. The summed E-state index contributed by atoms with van der Waals surface area (Å²) >= 11 is 0. The predicted octanol–water partition coefficient (Wildman–Crippen LogP) is 3.98. The topological polar surface area (TPSA) is 65.4 Å². The first-order valence-electron chi connectivity index (χ1n) is 10.4. The van der Waals surface area contributed by atoms with Crippen LogP contribution < -0.4 is 15.0 Å². The molecule has 0 radical (unpaired) electrons. The number of benzene rings is 1. The second-order valence-electron chi connectivity index (χ2n) is 9.23. The van der Waals surface area contributed by atoms with E-state index >= 15 is 0 Å². The summed E-state index contributed by atoms with van der Waals surface area (Å²) in [5, 5.41) is 13.6. The zero-order valence-electron chi connectivity index (χ0n) is 17.5. The summed E-state index contributed by atoms with van der Waals surface area (Å²) in [6.07, 6.45) is 7.08. The monoisotopic (exact) mass is 391 g/mol. The Morgan fingerprint density at radius 1 is 1.17 bits per heavy atom. The van der Waals surface area contributed by atoms with Gasteiger partial charge in [-0.25, -0.2) is 0 Å². The normalized spacial score (nSPS) is 26.6. The highest BCUT2D eigenvalue weighted by Gasteiger charge is 2.44. The molecule has 1 saturated heterocycles. The molecule has 0 amide bonds. The largest absolute Gasteiger partial charge is 0.497 e. The van der Waals surface area contributed by atoms with Crippen molar-refractivity contribution >= 4 is 11.5 Å². The van der Waals surface area contributed by atoms with E-state index in [4.69, 9.17) is 4.74 Å². The summed E-state index contributed by atoms with van der Waals surface area (Å²) in [5.74, 6) is 1.26. The number of piperidine rings is 1. The highest BCUT2D eigenvalue weighted by Crippen LogP contribution is 2.41. The zero-order valence-corrected chi connectivity index (χ0v) is 17.5. The molecule has 1 atom stereocenters. The van der Waals surface area contributed by atoms with Crippen molar-refractivity contribution in [2.75, 3.05) is 25.1 Å². The number of carbonyl (C=O) groups excluding carboxylic acids is 1. The number of nitrogens with one attached hydrogen (secondary N) is 1. The average Bonchev–Trinajstić information content (AvgIpc) is 2.72. The average molecular weight is 392 g/mol. The third-order valence-corrected chi connectivity index (χ3v) is 6.55. The minimum Gasteiger partial charge on any atom is -0.497 e. The van der Waals surface area contributed by atoms with Crippen LogP contribution in [0, 0.1) is 22.7 Å². The van der Waals surface area contributed by atoms with Crippen LogP contribution in [0.25, 0.3) is 0 Å². The molecule has 0 spiro atoms. The number of rotatable bonds is 3. The first-order valence-corrected chi connectivity index (χ1v) is 10.4. The highest BCUT2D eigenvalue weighted by molar-refractivity contribution is 6.00. The Hall–Kier alpha value is -2.74. The van der Waals surface area contributed by atoms with Gasteiger partial charge in [-0.15, -0.1) is 0 Å². The van der Waals surface area contributed by atoms with Crippen LogP contribution in [0.4, 0.5) is 5.69 Å². The van der Waals surface area contributed by atoms with E-state index in [9.17, 15) is 10.1 Å². The van der Waals surface area contributed by atoms with Gasteiger partial charge in [0.1, 0.15) is 11.3 Å². The number of methoxy groups -OCH3 is 1. The van der Waals surface area contributed by atoms with Crippen molar-refractivity contribution in [3.05, 3.63) is 47.7 Å². The molecule has 1 fully saturated rings. The molecule has 29 heavy (non-hydrogen) atoms. The Bertz CT molecular complexity index is 899. The first-order chi connectivity index (χ1) is 13.9. The third kappa shape index (κ3) is 3.64. The van der Waals surface area contributed by atoms with Crippen molar-refractivity contribution in [1.29, 1.82) is 5.26 Å². The van der Waals surface area contributed by atoms with Gasteiger partial charge in [0.2, 0.25) is 0 Å². The van der Waals surface area contributed by atoms with Crippen LogP contribution in [-0.4, -0.2) is 31.5 Å². The van der Waals surface area contributed by atoms with Crippen molar-refractivity contribution in [3.63, 3.8) is 0 Å². The standard InChI is InChI=1S/C24H29N3O2/c1-23(2)14-21-20(22(28)15-23)8-11-24(16-25,26-21)17-9-12-27(13-10-17)18-4-6-19(29-3)7-5-18/h4-8,11,17,26H,9-10,12-15H2,1-3H3. The van der Waals surface area contributed by atoms with Crippen molar-refractivity contribution in [2.45, 2.75) is 45.1 Å². The van der Waals surface area contributed by atoms with Crippen molar-refractivity contribution in [3.8, 4) is 11.8 Å². The van der Waals surface area contributed by atoms with E-state index < -0.39 is 5.54 Å². The molecule has 1 aliphatic carbocycles. The lowest BCUT2D eigenvalue weighted by Gasteiger charge is -2.44. The fourth-order valence-corrected chi connectivity index (χ4v) is 4.93. The molecule has 1 N–H and O–H groups in total. The SMILES string of the molecule is COc1ccc(N2CCC(C3(C#N)C=CC4=C(CC(C)(C)CC4=O)N3)CC2)cc1. The summed E-state index contributed by atoms with van der Waals surface area (Å²) in [7, 11) is 1.67. The molecule has 3 aliphatic rings. The van der Waals surface area contributed by atoms with E-state index in [-0.39, 0.29) is 17.1 Å². The molecule has 0 aromatic heterocycles. The van der Waals surface area contributed by atoms with Gasteiger partial charge in [0, 0.05) is 42.4 Å². The molecule has 152 valence electrons. The van der Waals surface area contributed by atoms with Gasteiger partial charge in [-0.05, 0) is 55.0 Å². The van der Waals surface area contributed by atoms with E-state index in [1.807, 2.05) is 24.3 Å². The maximum Gasteiger partial charge on any atom is 0.165 e. The van der Waals surface area contributed by atoms with Crippen LogP contribution in [0.5, 0.6) is 5.75 Å². The molecular weight excluding hydrogens is 362 g/mol. The maximum atomic E-state index is 12.5. The number of carbonyl (C=O) groups is 1. The summed E-state index contributed by atoms with van der Waals surface area (Å²) in [6.45, 7) is 6.06. The first kappa shape index (κ1) is 19.6. The second kappa shape index (κ2) is 7.26. The number of Topliss-reactive ketones (excluding diaryl/α,β-unsaturated/α-hetero) is 1. The number of hydrogen-bond acceptors (Lipinski definition) is 5. The quantitative estimate of drug-likeness (QED) is 0.844. The summed E-state index contributed by atoms with van der Waals surface area (Å²) in [4.78, 5) is 14.9. The lowest BCUT2D eigenvalue weighted by Crippen LogP contribution is -2.54. The molecular formula is C24H29N3O2.